The monoisotopic (exact) mass is 448 g/mol. The highest BCUT2D eigenvalue weighted by atomic mass is 19.1. The van der Waals surface area contributed by atoms with Crippen LogP contribution in [0.1, 0.15) is 26.2 Å². The second kappa shape index (κ2) is 9.68. The fourth-order valence-electron chi connectivity index (χ4n) is 4.59. The van der Waals surface area contributed by atoms with Gasteiger partial charge in [0.05, 0.1) is 13.2 Å². The molecule has 4 rings (SSSR count). The topological polar surface area (TPSA) is 105 Å². The molecule has 0 spiro atoms. The van der Waals surface area contributed by atoms with Gasteiger partial charge in [-0.1, -0.05) is 18.2 Å². The first-order valence-electron chi connectivity index (χ1n) is 11.3. The van der Waals surface area contributed by atoms with Gasteiger partial charge in [-0.25, -0.2) is 14.2 Å². The Morgan fingerprint density at radius 1 is 1.34 bits per heavy atom. The van der Waals surface area contributed by atoms with Crippen molar-refractivity contribution in [1.82, 2.24) is 15.1 Å². The van der Waals surface area contributed by atoms with Crippen LogP contribution in [-0.4, -0.2) is 92.1 Å². The number of nitrogens with one attached hydrogen (secondary N) is 1. The van der Waals surface area contributed by atoms with E-state index in [1.54, 1.807) is 12.0 Å². The number of piperidine rings is 1. The third kappa shape index (κ3) is 4.87. The summed E-state index contributed by atoms with van der Waals surface area (Å²) in [6.07, 6.45) is 7.01. The molecule has 9 nitrogen and oxygen atoms in total. The summed E-state index contributed by atoms with van der Waals surface area (Å²) in [4.78, 5) is 25.6. The number of hydrogen-bond donors (Lipinski definition) is 2. The standard InChI is InChI=1S/C22H33FN6O3/c1-22-18(24)25-20(32-11-10-31-2)26-19(22)29(21(30)27-22)14-16-5-3-4-15(12-16)13-28-8-6-17(23)7-9-28/h3-5,15,17-18H,6-14,24H2,1-2H3,(H,27,30). The van der Waals surface area contributed by atoms with Crippen molar-refractivity contribution in [2.45, 2.75) is 44.1 Å². The number of methoxy groups -OCH3 is 1. The number of hydrogen-bond acceptors (Lipinski definition) is 7. The maximum Gasteiger partial charge on any atom is 0.324 e. The lowest BCUT2D eigenvalue weighted by molar-refractivity contribution is 0.139. The van der Waals surface area contributed by atoms with E-state index in [9.17, 15) is 9.18 Å². The van der Waals surface area contributed by atoms with Gasteiger partial charge in [-0.05, 0) is 37.7 Å². The zero-order chi connectivity index (χ0) is 22.7. The Kier molecular flexibility index (Phi) is 6.92. The summed E-state index contributed by atoms with van der Waals surface area (Å²) in [5, 5.41) is 2.95. The van der Waals surface area contributed by atoms with Crippen molar-refractivity contribution in [1.29, 1.82) is 0 Å². The summed E-state index contributed by atoms with van der Waals surface area (Å²) in [5.41, 5.74) is 6.52. The number of alkyl halides is 1. The highest BCUT2D eigenvalue weighted by molar-refractivity contribution is 6.14. The number of carbonyl (C=O) groups is 1. The van der Waals surface area contributed by atoms with E-state index >= 15 is 0 Å². The van der Waals surface area contributed by atoms with E-state index in [-0.39, 0.29) is 12.1 Å². The number of nitrogens with two attached hydrogens (primary N) is 1. The summed E-state index contributed by atoms with van der Waals surface area (Å²) < 4.78 is 24.0. The van der Waals surface area contributed by atoms with E-state index in [1.165, 1.54) is 0 Å². The molecule has 0 radical (unpaired) electrons. The molecule has 0 aromatic heterocycles. The lowest BCUT2D eigenvalue weighted by Gasteiger charge is -2.33. The van der Waals surface area contributed by atoms with Gasteiger partial charge in [-0.3, -0.25) is 4.90 Å². The first-order chi connectivity index (χ1) is 15.4. The highest BCUT2D eigenvalue weighted by Gasteiger charge is 2.52. The fourth-order valence-corrected chi connectivity index (χ4v) is 4.59. The molecule has 3 aliphatic heterocycles. The molecular formula is C22H33FN6O3. The summed E-state index contributed by atoms with van der Waals surface area (Å²) in [5.74, 6) is 0.864. The summed E-state index contributed by atoms with van der Waals surface area (Å²) >= 11 is 0. The minimum Gasteiger partial charge on any atom is -0.461 e. The first kappa shape index (κ1) is 22.9. The number of aliphatic imine (C=N–C) groups is 2. The predicted molar refractivity (Wildman–Crippen MR) is 120 cm³/mol. The number of urea groups is 1. The Hall–Kier alpha value is -2.30. The van der Waals surface area contributed by atoms with Gasteiger partial charge in [0.15, 0.2) is 0 Å². The van der Waals surface area contributed by atoms with Gasteiger partial charge in [0.1, 0.15) is 30.3 Å². The summed E-state index contributed by atoms with van der Waals surface area (Å²) in [6, 6.07) is -0.0813. The van der Waals surface area contributed by atoms with Crippen molar-refractivity contribution in [3.63, 3.8) is 0 Å². The van der Waals surface area contributed by atoms with Gasteiger partial charge < -0.3 is 25.4 Å². The van der Waals surface area contributed by atoms with Gasteiger partial charge in [-0.15, -0.1) is 0 Å². The normalized spacial score (nSPS) is 31.1. The van der Waals surface area contributed by atoms with Gasteiger partial charge in [0.25, 0.3) is 0 Å². The van der Waals surface area contributed by atoms with Crippen LogP contribution in [0, 0.1) is 5.92 Å². The Morgan fingerprint density at radius 2 is 2.12 bits per heavy atom. The maximum atomic E-state index is 13.4. The third-order valence-electron chi connectivity index (χ3n) is 6.50. The number of allylic oxidation sites excluding steroid dienone is 2. The molecule has 0 bridgehead atoms. The highest BCUT2D eigenvalue weighted by Crippen LogP contribution is 2.29. The molecule has 4 aliphatic rings. The molecule has 0 aromatic carbocycles. The lowest BCUT2D eigenvalue weighted by Crippen LogP contribution is -2.59. The number of likely N-dealkylation sites (tertiary alicyclic amines) is 1. The van der Waals surface area contributed by atoms with Gasteiger partial charge in [0.2, 0.25) is 0 Å². The van der Waals surface area contributed by atoms with Crippen molar-refractivity contribution >= 4 is 17.9 Å². The average molecular weight is 449 g/mol. The van der Waals surface area contributed by atoms with Crippen LogP contribution in [0.3, 0.4) is 0 Å². The molecule has 3 atom stereocenters. The van der Waals surface area contributed by atoms with E-state index in [4.69, 9.17) is 15.2 Å². The summed E-state index contributed by atoms with van der Waals surface area (Å²) in [6.45, 7) is 5.46. The fraction of sp³-hybridized carbons (Fsp3) is 0.682. The SMILES string of the molecule is COCCOC1=NC(N)C2(C)NC(=O)N(CC3=CC=CC(CN4CCC(F)CC4)C3)C2=N1. The third-order valence-corrected chi connectivity index (χ3v) is 6.50. The molecule has 2 amide bonds. The smallest absolute Gasteiger partial charge is 0.324 e. The molecule has 2 fully saturated rings. The zero-order valence-corrected chi connectivity index (χ0v) is 18.8. The second-order valence-electron chi connectivity index (χ2n) is 9.00. The molecule has 3 heterocycles. The molecule has 32 heavy (non-hydrogen) atoms. The van der Waals surface area contributed by atoms with Crippen molar-refractivity contribution in [3.8, 4) is 0 Å². The van der Waals surface area contributed by atoms with Crippen LogP contribution < -0.4 is 11.1 Å². The van der Waals surface area contributed by atoms with Crippen LogP contribution in [0.4, 0.5) is 9.18 Å². The van der Waals surface area contributed by atoms with Crippen molar-refractivity contribution in [3.05, 3.63) is 23.8 Å². The minimum atomic E-state index is -0.883. The first-order valence-corrected chi connectivity index (χ1v) is 11.3. The largest absolute Gasteiger partial charge is 0.461 e. The molecular weight excluding hydrogens is 415 g/mol. The van der Waals surface area contributed by atoms with Crippen LogP contribution in [0.15, 0.2) is 33.8 Å². The number of amidine groups is 2. The van der Waals surface area contributed by atoms with E-state index in [1.807, 2.05) is 13.0 Å². The number of rotatable bonds is 7. The lowest BCUT2D eigenvalue weighted by atomic mass is 9.92. The predicted octanol–water partition coefficient (Wildman–Crippen LogP) is 1.42. The van der Waals surface area contributed by atoms with Crippen LogP contribution in [0.5, 0.6) is 0 Å². The number of amides is 2. The number of fused-ring (bicyclic) bond motifs is 1. The minimum absolute atomic E-state index is 0.162. The van der Waals surface area contributed by atoms with Crippen LogP contribution >= 0.6 is 0 Å². The number of ether oxygens (including phenoxy) is 2. The number of carbonyl (C=O) groups excluding carboxylic acids is 1. The molecule has 1 aliphatic carbocycles. The quantitative estimate of drug-likeness (QED) is 0.573. The molecule has 0 aromatic rings. The van der Waals surface area contributed by atoms with Gasteiger partial charge >= 0.3 is 12.1 Å². The van der Waals surface area contributed by atoms with Crippen LogP contribution in [0.2, 0.25) is 0 Å². The molecule has 10 heteroatoms. The van der Waals surface area contributed by atoms with E-state index in [0.29, 0.717) is 44.4 Å². The van der Waals surface area contributed by atoms with Gasteiger partial charge in [-0.2, -0.15) is 4.99 Å². The van der Waals surface area contributed by atoms with Gasteiger partial charge in [0, 0.05) is 26.7 Å². The van der Waals surface area contributed by atoms with E-state index in [2.05, 4.69) is 32.4 Å². The molecule has 2 saturated heterocycles. The molecule has 3 unspecified atom stereocenters. The Labute approximate surface area is 188 Å². The maximum absolute atomic E-state index is 13.4. The molecule has 176 valence electrons. The average Bonchev–Trinajstić information content (AvgIpc) is 3.01. The zero-order valence-electron chi connectivity index (χ0n) is 18.8. The number of nitrogens with zero attached hydrogens (tertiary/aromatic N) is 4. The Balaban J connectivity index is 1.41. The van der Waals surface area contributed by atoms with Crippen LogP contribution in [-0.2, 0) is 9.47 Å². The summed E-state index contributed by atoms with van der Waals surface area (Å²) in [7, 11) is 1.59. The van der Waals surface area contributed by atoms with E-state index < -0.39 is 17.9 Å². The number of halogens is 1. The second-order valence-corrected chi connectivity index (χ2v) is 9.00. The van der Waals surface area contributed by atoms with Crippen molar-refractivity contribution < 1.29 is 18.7 Å². The molecule has 0 saturated carbocycles. The van der Waals surface area contributed by atoms with Crippen molar-refractivity contribution in [2.24, 2.45) is 21.6 Å². The Bertz CT molecular complexity index is 836. The van der Waals surface area contributed by atoms with E-state index in [0.717, 1.165) is 31.6 Å². The Morgan fingerprint density at radius 3 is 2.88 bits per heavy atom. The molecule has 3 N–H and O–H groups in total. The van der Waals surface area contributed by atoms with Crippen LogP contribution in [0.25, 0.3) is 0 Å². The van der Waals surface area contributed by atoms with Crippen molar-refractivity contribution in [2.75, 3.05) is 46.5 Å².